The van der Waals surface area contributed by atoms with E-state index >= 15 is 0 Å². The maximum absolute atomic E-state index is 12.5. The van der Waals surface area contributed by atoms with Crippen molar-refractivity contribution in [2.45, 2.75) is 25.7 Å². The van der Waals surface area contributed by atoms with Crippen LogP contribution in [0.4, 0.5) is 4.39 Å². The van der Waals surface area contributed by atoms with Gasteiger partial charge in [-0.15, -0.1) is 0 Å². The Labute approximate surface area is 84.6 Å². The van der Waals surface area contributed by atoms with Crippen LogP contribution >= 0.6 is 12.6 Å². The Bertz CT molecular complexity index is 230. The van der Waals surface area contributed by atoms with Crippen molar-refractivity contribution in [1.82, 2.24) is 0 Å². The summed E-state index contributed by atoms with van der Waals surface area (Å²) in [5.74, 6) is 0.808. The minimum atomic E-state index is -0.154. The van der Waals surface area contributed by atoms with E-state index in [0.717, 1.165) is 12.2 Å². The first kappa shape index (κ1) is 10.6. The van der Waals surface area contributed by atoms with E-state index in [4.69, 9.17) is 0 Å². The van der Waals surface area contributed by atoms with Crippen LogP contribution in [-0.4, -0.2) is 5.75 Å². The maximum Gasteiger partial charge on any atom is 0.123 e. The molecule has 72 valence electrons. The zero-order valence-corrected chi connectivity index (χ0v) is 8.56. The third-order valence-electron chi connectivity index (χ3n) is 2.04. The fourth-order valence-electron chi connectivity index (χ4n) is 1.27. The summed E-state index contributed by atoms with van der Waals surface area (Å²) in [6, 6.07) is 6.76. The minimum Gasteiger partial charge on any atom is -0.207 e. The Hall–Kier alpha value is -0.500. The van der Waals surface area contributed by atoms with E-state index in [1.807, 2.05) is 12.1 Å². The Kier molecular flexibility index (Phi) is 4.91. The molecule has 13 heavy (non-hydrogen) atoms. The van der Waals surface area contributed by atoms with Crippen LogP contribution in [0.5, 0.6) is 0 Å². The topological polar surface area (TPSA) is 0 Å². The Morgan fingerprint density at radius 2 is 1.69 bits per heavy atom. The van der Waals surface area contributed by atoms with Gasteiger partial charge in [0.1, 0.15) is 5.82 Å². The fraction of sp³-hybridized carbons (Fsp3) is 0.455. The summed E-state index contributed by atoms with van der Waals surface area (Å²) in [6.07, 6.45) is 4.60. The van der Waals surface area contributed by atoms with Gasteiger partial charge >= 0.3 is 0 Å². The normalized spacial score (nSPS) is 10.3. The Balaban J connectivity index is 2.25. The van der Waals surface area contributed by atoms with Gasteiger partial charge in [-0.05, 0) is 42.7 Å². The predicted octanol–water partition coefficient (Wildman–Crippen LogP) is 3.47. The lowest BCUT2D eigenvalue weighted by molar-refractivity contribution is 0.626. The minimum absolute atomic E-state index is 0.154. The van der Waals surface area contributed by atoms with Crippen LogP contribution in [0.1, 0.15) is 24.8 Å². The van der Waals surface area contributed by atoms with Crippen molar-refractivity contribution < 1.29 is 4.39 Å². The highest BCUT2D eigenvalue weighted by molar-refractivity contribution is 7.80. The molecule has 0 aromatic heterocycles. The molecule has 0 heterocycles. The molecule has 0 saturated heterocycles. The molecule has 0 unspecified atom stereocenters. The molecule has 1 aromatic carbocycles. The first-order valence-corrected chi connectivity index (χ1v) is 5.31. The molecule has 1 aromatic rings. The number of hydrogen-bond acceptors (Lipinski definition) is 1. The van der Waals surface area contributed by atoms with Gasteiger partial charge in [0, 0.05) is 0 Å². The van der Waals surface area contributed by atoms with Gasteiger partial charge in [0.15, 0.2) is 0 Å². The average Bonchev–Trinajstić information content (AvgIpc) is 2.15. The molecule has 0 fully saturated rings. The number of benzene rings is 1. The molecule has 2 heteroatoms. The van der Waals surface area contributed by atoms with Gasteiger partial charge in [-0.25, -0.2) is 4.39 Å². The number of thiol groups is 1. The van der Waals surface area contributed by atoms with Crippen LogP contribution in [0.15, 0.2) is 24.3 Å². The first-order valence-electron chi connectivity index (χ1n) is 4.68. The van der Waals surface area contributed by atoms with Gasteiger partial charge in [0.25, 0.3) is 0 Å². The summed E-state index contributed by atoms with van der Waals surface area (Å²) in [6.45, 7) is 0. The van der Waals surface area contributed by atoms with Crippen molar-refractivity contribution in [3.63, 3.8) is 0 Å². The Morgan fingerprint density at radius 3 is 2.31 bits per heavy atom. The van der Waals surface area contributed by atoms with E-state index in [2.05, 4.69) is 12.6 Å². The largest absolute Gasteiger partial charge is 0.207 e. The fourth-order valence-corrected chi connectivity index (χ4v) is 1.49. The third-order valence-corrected chi connectivity index (χ3v) is 2.35. The highest BCUT2D eigenvalue weighted by atomic mass is 32.1. The lowest BCUT2D eigenvalue weighted by Gasteiger charge is -2.00. The molecule has 0 radical (unpaired) electrons. The van der Waals surface area contributed by atoms with Crippen molar-refractivity contribution >= 4 is 12.6 Å². The number of unbranched alkanes of at least 4 members (excludes halogenated alkanes) is 2. The van der Waals surface area contributed by atoms with E-state index < -0.39 is 0 Å². The second-order valence-corrected chi connectivity index (χ2v) is 3.61. The zero-order valence-electron chi connectivity index (χ0n) is 7.67. The SMILES string of the molecule is Fc1ccc(CCCCCS)cc1. The lowest BCUT2D eigenvalue weighted by Crippen LogP contribution is -1.86. The molecule has 0 nitrogen and oxygen atoms in total. The molecule has 0 aliphatic heterocycles. The molecule has 0 aliphatic carbocycles. The molecule has 0 saturated carbocycles. The average molecular weight is 198 g/mol. The van der Waals surface area contributed by atoms with Gasteiger partial charge in [-0.3, -0.25) is 0 Å². The highest BCUT2D eigenvalue weighted by Crippen LogP contribution is 2.08. The molecule has 0 N–H and O–H groups in total. The molecule has 0 amide bonds. The van der Waals surface area contributed by atoms with E-state index in [1.165, 1.54) is 37.0 Å². The van der Waals surface area contributed by atoms with Crippen LogP contribution in [0.2, 0.25) is 0 Å². The summed E-state index contributed by atoms with van der Waals surface area (Å²) >= 11 is 4.14. The first-order chi connectivity index (χ1) is 6.33. The van der Waals surface area contributed by atoms with E-state index in [0.29, 0.717) is 0 Å². The molecule has 0 spiro atoms. The van der Waals surface area contributed by atoms with Crippen molar-refractivity contribution in [2.24, 2.45) is 0 Å². The molecule has 0 aliphatic rings. The smallest absolute Gasteiger partial charge is 0.123 e. The summed E-state index contributed by atoms with van der Waals surface area (Å²) < 4.78 is 12.5. The van der Waals surface area contributed by atoms with Crippen molar-refractivity contribution in [3.05, 3.63) is 35.6 Å². The summed E-state index contributed by atoms with van der Waals surface area (Å²) in [7, 11) is 0. The number of aryl methyl sites for hydroxylation is 1. The van der Waals surface area contributed by atoms with Crippen LogP contribution < -0.4 is 0 Å². The molecule has 0 bridgehead atoms. The number of hydrogen-bond donors (Lipinski definition) is 1. The Morgan fingerprint density at radius 1 is 1.00 bits per heavy atom. The van der Waals surface area contributed by atoms with Gasteiger partial charge in [-0.1, -0.05) is 18.6 Å². The molecular formula is C11H15FS. The van der Waals surface area contributed by atoms with Crippen molar-refractivity contribution in [2.75, 3.05) is 5.75 Å². The summed E-state index contributed by atoms with van der Waals surface area (Å²) in [4.78, 5) is 0. The van der Waals surface area contributed by atoms with Crippen molar-refractivity contribution in [3.8, 4) is 0 Å². The monoisotopic (exact) mass is 198 g/mol. The van der Waals surface area contributed by atoms with E-state index in [-0.39, 0.29) is 5.82 Å². The highest BCUT2D eigenvalue weighted by Gasteiger charge is 1.93. The van der Waals surface area contributed by atoms with Crippen LogP contribution in [-0.2, 0) is 6.42 Å². The second-order valence-electron chi connectivity index (χ2n) is 3.16. The molecular weight excluding hydrogens is 183 g/mol. The maximum atomic E-state index is 12.5. The quantitative estimate of drug-likeness (QED) is 0.543. The summed E-state index contributed by atoms with van der Waals surface area (Å²) in [5.41, 5.74) is 1.22. The van der Waals surface area contributed by atoms with Gasteiger partial charge in [0.2, 0.25) is 0 Å². The van der Waals surface area contributed by atoms with Gasteiger partial charge < -0.3 is 0 Å². The number of halogens is 1. The van der Waals surface area contributed by atoms with Crippen LogP contribution in [0.3, 0.4) is 0 Å². The lowest BCUT2D eigenvalue weighted by atomic mass is 10.1. The number of rotatable bonds is 5. The molecule has 1 rings (SSSR count). The van der Waals surface area contributed by atoms with Gasteiger partial charge in [-0.2, -0.15) is 12.6 Å². The zero-order chi connectivity index (χ0) is 9.52. The molecule has 0 atom stereocenters. The predicted molar refractivity (Wildman–Crippen MR) is 57.8 cm³/mol. The third kappa shape index (κ3) is 4.32. The second kappa shape index (κ2) is 6.03. The van der Waals surface area contributed by atoms with Crippen LogP contribution in [0, 0.1) is 5.82 Å². The van der Waals surface area contributed by atoms with Crippen molar-refractivity contribution in [1.29, 1.82) is 0 Å². The van der Waals surface area contributed by atoms with Gasteiger partial charge in [0.05, 0.1) is 0 Å². The summed E-state index contributed by atoms with van der Waals surface area (Å²) in [5, 5.41) is 0. The van der Waals surface area contributed by atoms with Crippen LogP contribution in [0.25, 0.3) is 0 Å². The van der Waals surface area contributed by atoms with E-state index in [1.54, 1.807) is 0 Å². The standard InChI is InChI=1S/C11H15FS/c12-11-7-5-10(6-8-11)4-2-1-3-9-13/h5-8,13H,1-4,9H2. The van der Waals surface area contributed by atoms with E-state index in [9.17, 15) is 4.39 Å².